The van der Waals surface area contributed by atoms with Crippen LogP contribution in [0.2, 0.25) is 5.28 Å². The van der Waals surface area contributed by atoms with E-state index in [-0.39, 0.29) is 23.3 Å². The molecule has 1 aromatic heterocycles. The summed E-state index contributed by atoms with van der Waals surface area (Å²) in [5.41, 5.74) is 2.71. The highest BCUT2D eigenvalue weighted by molar-refractivity contribution is 6.28. The van der Waals surface area contributed by atoms with Crippen molar-refractivity contribution in [1.29, 1.82) is 5.26 Å². The molecule has 25 heavy (non-hydrogen) atoms. The number of halogens is 2. The molecule has 1 amide bonds. The molecule has 0 fully saturated rings. The van der Waals surface area contributed by atoms with Crippen LogP contribution in [0.3, 0.4) is 0 Å². The summed E-state index contributed by atoms with van der Waals surface area (Å²) >= 11 is 5.63. The van der Waals surface area contributed by atoms with Gasteiger partial charge < -0.3 is 9.47 Å². The molecule has 0 bridgehead atoms. The van der Waals surface area contributed by atoms with Crippen molar-refractivity contribution in [1.82, 2.24) is 15.4 Å². The number of nitriles is 1. The molecule has 1 heterocycles. The van der Waals surface area contributed by atoms with Gasteiger partial charge in [-0.1, -0.05) is 0 Å². The van der Waals surface area contributed by atoms with Gasteiger partial charge >= 0.3 is 0 Å². The standard InChI is InChI=1S/C15H11ClFN5O3/c1-24-11-3-2-9(7-20-22-13(23)4-5-18)6-12(11)25-14-10(17)8-19-15(16)21-14/h2-3,6-8H,4H2,1H3,(H,22,23)/b20-7+. The molecule has 1 N–H and O–H groups in total. The second-order valence-corrected chi connectivity index (χ2v) is 4.77. The van der Waals surface area contributed by atoms with Gasteiger partial charge in [0.15, 0.2) is 11.5 Å². The first-order valence-corrected chi connectivity index (χ1v) is 7.14. The maximum atomic E-state index is 13.7. The minimum absolute atomic E-state index is 0.156. The molecule has 2 aromatic rings. The Balaban J connectivity index is 2.22. The van der Waals surface area contributed by atoms with Gasteiger partial charge in [0.2, 0.25) is 11.1 Å². The van der Waals surface area contributed by atoms with Crippen molar-refractivity contribution in [3.05, 3.63) is 41.1 Å². The summed E-state index contributed by atoms with van der Waals surface area (Å²) in [6.07, 6.45) is 1.90. The number of benzene rings is 1. The van der Waals surface area contributed by atoms with Gasteiger partial charge in [-0.05, 0) is 35.4 Å². The topological polar surface area (TPSA) is 109 Å². The van der Waals surface area contributed by atoms with Crippen molar-refractivity contribution in [2.24, 2.45) is 5.10 Å². The second kappa shape index (κ2) is 8.56. The van der Waals surface area contributed by atoms with Crippen LogP contribution in [0.1, 0.15) is 12.0 Å². The minimum Gasteiger partial charge on any atom is -0.493 e. The van der Waals surface area contributed by atoms with Crippen molar-refractivity contribution < 1.29 is 18.7 Å². The molecule has 8 nitrogen and oxygen atoms in total. The lowest BCUT2D eigenvalue weighted by molar-refractivity contribution is -0.120. The minimum atomic E-state index is -0.797. The number of carbonyl (C=O) groups excluding carboxylic acids is 1. The molecule has 0 saturated heterocycles. The van der Waals surface area contributed by atoms with Crippen LogP contribution in [0.4, 0.5) is 4.39 Å². The number of hydrogen-bond donors (Lipinski definition) is 1. The molecule has 0 aliphatic heterocycles. The van der Waals surface area contributed by atoms with E-state index < -0.39 is 11.7 Å². The summed E-state index contributed by atoms with van der Waals surface area (Å²) in [5, 5.41) is 11.9. The molecule has 0 spiro atoms. The predicted molar refractivity (Wildman–Crippen MR) is 86.0 cm³/mol. The molecule has 10 heteroatoms. The number of aromatic nitrogens is 2. The van der Waals surface area contributed by atoms with Gasteiger partial charge in [-0.25, -0.2) is 10.4 Å². The summed E-state index contributed by atoms with van der Waals surface area (Å²) in [7, 11) is 1.42. The number of methoxy groups -OCH3 is 1. The van der Waals surface area contributed by atoms with Crippen LogP contribution in [0, 0.1) is 17.1 Å². The van der Waals surface area contributed by atoms with Crippen molar-refractivity contribution in [2.75, 3.05) is 7.11 Å². The van der Waals surface area contributed by atoms with Crippen LogP contribution in [-0.2, 0) is 4.79 Å². The number of hydrogen-bond acceptors (Lipinski definition) is 7. The fourth-order valence-electron chi connectivity index (χ4n) is 1.65. The fraction of sp³-hybridized carbons (Fsp3) is 0.133. The van der Waals surface area contributed by atoms with Crippen LogP contribution < -0.4 is 14.9 Å². The molecule has 1 aromatic carbocycles. The van der Waals surface area contributed by atoms with Crippen LogP contribution in [-0.4, -0.2) is 29.2 Å². The quantitative estimate of drug-likeness (QED) is 0.479. The van der Waals surface area contributed by atoms with Crippen molar-refractivity contribution in [3.8, 4) is 23.4 Å². The first-order valence-electron chi connectivity index (χ1n) is 6.76. The summed E-state index contributed by atoms with van der Waals surface area (Å²) in [6.45, 7) is 0. The van der Waals surface area contributed by atoms with E-state index in [1.807, 2.05) is 0 Å². The zero-order chi connectivity index (χ0) is 18.2. The van der Waals surface area contributed by atoms with E-state index in [9.17, 15) is 9.18 Å². The third-order valence-electron chi connectivity index (χ3n) is 2.72. The molecule has 0 saturated carbocycles. The van der Waals surface area contributed by atoms with Gasteiger partial charge in [0.1, 0.15) is 6.42 Å². The molecule has 2 rings (SSSR count). The molecule has 0 aliphatic carbocycles. The highest BCUT2D eigenvalue weighted by Crippen LogP contribution is 2.32. The first-order chi connectivity index (χ1) is 12.0. The lowest BCUT2D eigenvalue weighted by Crippen LogP contribution is -2.16. The monoisotopic (exact) mass is 363 g/mol. The Bertz CT molecular complexity index is 854. The number of amides is 1. The van der Waals surface area contributed by atoms with E-state index in [0.717, 1.165) is 6.20 Å². The van der Waals surface area contributed by atoms with E-state index in [0.29, 0.717) is 11.3 Å². The molecule has 0 radical (unpaired) electrons. The lowest BCUT2D eigenvalue weighted by Gasteiger charge is -2.10. The number of nitrogens with zero attached hydrogens (tertiary/aromatic N) is 4. The van der Waals surface area contributed by atoms with E-state index in [1.54, 1.807) is 18.2 Å². The summed E-state index contributed by atoms with van der Waals surface area (Å²) < 4.78 is 24.2. The highest BCUT2D eigenvalue weighted by atomic mass is 35.5. The molecular weight excluding hydrogens is 353 g/mol. The Morgan fingerprint density at radius 1 is 1.52 bits per heavy atom. The van der Waals surface area contributed by atoms with E-state index in [2.05, 4.69) is 20.5 Å². The molecule has 0 atom stereocenters. The van der Waals surface area contributed by atoms with E-state index >= 15 is 0 Å². The van der Waals surface area contributed by atoms with Gasteiger partial charge in [0, 0.05) is 0 Å². The number of ether oxygens (including phenoxy) is 2. The van der Waals surface area contributed by atoms with Gasteiger partial charge in [0.05, 0.1) is 25.6 Å². The number of nitrogens with one attached hydrogen (secondary N) is 1. The Morgan fingerprint density at radius 2 is 2.32 bits per heavy atom. The van der Waals surface area contributed by atoms with E-state index in [1.165, 1.54) is 19.4 Å². The average molecular weight is 364 g/mol. The van der Waals surface area contributed by atoms with Crippen LogP contribution >= 0.6 is 11.6 Å². The number of carbonyl (C=O) groups is 1. The third-order valence-corrected chi connectivity index (χ3v) is 2.90. The Kier molecular flexibility index (Phi) is 6.20. The average Bonchev–Trinajstić information content (AvgIpc) is 2.59. The van der Waals surface area contributed by atoms with Crippen LogP contribution in [0.15, 0.2) is 29.5 Å². The summed E-state index contributed by atoms with van der Waals surface area (Å²) in [6, 6.07) is 6.39. The Labute approximate surface area is 146 Å². The molecule has 128 valence electrons. The van der Waals surface area contributed by atoms with Crippen LogP contribution in [0.25, 0.3) is 0 Å². The predicted octanol–water partition coefficient (Wildman–Crippen LogP) is 2.43. The molecular formula is C15H11ClFN5O3. The summed E-state index contributed by atoms with van der Waals surface area (Å²) in [4.78, 5) is 18.3. The smallest absolute Gasteiger partial charge is 0.260 e. The molecule has 0 aliphatic rings. The lowest BCUT2D eigenvalue weighted by atomic mass is 10.2. The van der Waals surface area contributed by atoms with Crippen molar-refractivity contribution >= 4 is 23.7 Å². The molecule has 0 unspecified atom stereocenters. The van der Waals surface area contributed by atoms with Crippen molar-refractivity contribution in [2.45, 2.75) is 6.42 Å². The van der Waals surface area contributed by atoms with Gasteiger partial charge in [-0.2, -0.15) is 19.7 Å². The van der Waals surface area contributed by atoms with Gasteiger partial charge in [0.25, 0.3) is 11.8 Å². The first kappa shape index (κ1) is 18.1. The Morgan fingerprint density at radius 3 is 3.04 bits per heavy atom. The fourth-order valence-corrected chi connectivity index (χ4v) is 1.78. The van der Waals surface area contributed by atoms with Crippen LogP contribution in [0.5, 0.6) is 17.4 Å². The number of rotatable bonds is 6. The Hall–Kier alpha value is -3.25. The maximum Gasteiger partial charge on any atom is 0.260 e. The summed E-state index contributed by atoms with van der Waals surface area (Å²) in [5.74, 6) is -1.23. The number of hydrazone groups is 1. The van der Waals surface area contributed by atoms with E-state index in [4.69, 9.17) is 26.3 Å². The van der Waals surface area contributed by atoms with Gasteiger partial charge in [-0.15, -0.1) is 0 Å². The second-order valence-electron chi connectivity index (χ2n) is 4.43. The zero-order valence-electron chi connectivity index (χ0n) is 12.9. The maximum absolute atomic E-state index is 13.7. The largest absolute Gasteiger partial charge is 0.493 e. The zero-order valence-corrected chi connectivity index (χ0v) is 13.6. The SMILES string of the molecule is COc1ccc(/C=N/NC(=O)CC#N)cc1Oc1nc(Cl)ncc1F. The van der Waals surface area contributed by atoms with Gasteiger partial charge in [-0.3, -0.25) is 4.79 Å². The van der Waals surface area contributed by atoms with Crippen molar-refractivity contribution in [3.63, 3.8) is 0 Å². The highest BCUT2D eigenvalue weighted by Gasteiger charge is 2.12. The third kappa shape index (κ3) is 5.12. The normalized spacial score (nSPS) is 10.3.